The van der Waals surface area contributed by atoms with Gasteiger partial charge in [-0.05, 0) is 17.7 Å². The number of benzene rings is 1. The minimum atomic E-state index is -0.00720. The highest BCUT2D eigenvalue weighted by Crippen LogP contribution is 2.22. The molecule has 1 aliphatic heterocycles. The van der Waals surface area contributed by atoms with E-state index in [1.54, 1.807) is 0 Å². The smallest absolute Gasteiger partial charge is 0.216 e. The Kier molecular flexibility index (Phi) is 5.19. The summed E-state index contributed by atoms with van der Waals surface area (Å²) in [7, 11) is 0. The van der Waals surface area contributed by atoms with E-state index in [0.29, 0.717) is 6.54 Å². The number of halogens is 1. The summed E-state index contributed by atoms with van der Waals surface area (Å²) in [6.45, 7) is 5.39. The fraction of sp³-hybridized carbons (Fsp3) is 0.500. The van der Waals surface area contributed by atoms with Gasteiger partial charge in [0.05, 0.1) is 19.3 Å². The normalized spacial score (nSPS) is 18.0. The quantitative estimate of drug-likeness (QED) is 0.916. The molecule has 1 aromatic rings. The summed E-state index contributed by atoms with van der Waals surface area (Å²) < 4.78 is 5.38. The van der Waals surface area contributed by atoms with E-state index < -0.39 is 0 Å². The maximum atomic E-state index is 11.1. The summed E-state index contributed by atoms with van der Waals surface area (Å²) in [5.41, 5.74) is 1.17. The molecule has 2 rings (SSSR count). The second-order valence-corrected chi connectivity index (χ2v) is 5.09. The standard InChI is InChI=1S/C14H19ClN2O2/c1-11(18)16-10-14(17-6-8-19-9-7-17)12-2-4-13(15)5-3-12/h2-5,14H,6-10H2,1H3,(H,16,18). The van der Waals surface area contributed by atoms with Crippen LogP contribution in [0.2, 0.25) is 5.02 Å². The van der Waals surface area contributed by atoms with Gasteiger partial charge in [-0.2, -0.15) is 0 Å². The van der Waals surface area contributed by atoms with Crippen LogP contribution >= 0.6 is 11.6 Å². The van der Waals surface area contributed by atoms with Crippen molar-refractivity contribution < 1.29 is 9.53 Å². The second-order valence-electron chi connectivity index (χ2n) is 4.65. The summed E-state index contributed by atoms with van der Waals surface area (Å²) in [5, 5.41) is 3.63. The highest BCUT2D eigenvalue weighted by molar-refractivity contribution is 6.30. The second kappa shape index (κ2) is 6.89. The monoisotopic (exact) mass is 282 g/mol. The predicted molar refractivity (Wildman–Crippen MR) is 75.3 cm³/mol. The van der Waals surface area contributed by atoms with E-state index in [0.717, 1.165) is 31.3 Å². The molecule has 1 heterocycles. The van der Waals surface area contributed by atoms with Crippen LogP contribution in [0.4, 0.5) is 0 Å². The van der Waals surface area contributed by atoms with E-state index in [1.807, 2.05) is 24.3 Å². The van der Waals surface area contributed by atoms with Gasteiger partial charge >= 0.3 is 0 Å². The Bertz CT molecular complexity index is 416. The Morgan fingerprint density at radius 3 is 2.58 bits per heavy atom. The van der Waals surface area contributed by atoms with Crippen LogP contribution in [-0.4, -0.2) is 43.7 Å². The van der Waals surface area contributed by atoms with Crippen molar-refractivity contribution in [1.29, 1.82) is 0 Å². The van der Waals surface area contributed by atoms with Crippen LogP contribution in [0.1, 0.15) is 18.5 Å². The molecule has 104 valence electrons. The predicted octanol–water partition coefficient (Wildman–Crippen LogP) is 1.85. The van der Waals surface area contributed by atoms with Crippen molar-refractivity contribution in [1.82, 2.24) is 10.2 Å². The van der Waals surface area contributed by atoms with Crippen LogP contribution < -0.4 is 5.32 Å². The average Bonchev–Trinajstić information content (AvgIpc) is 2.42. The van der Waals surface area contributed by atoms with Crippen molar-refractivity contribution in [2.45, 2.75) is 13.0 Å². The Morgan fingerprint density at radius 1 is 1.37 bits per heavy atom. The molecule has 0 spiro atoms. The van der Waals surface area contributed by atoms with Gasteiger partial charge in [0, 0.05) is 31.6 Å². The van der Waals surface area contributed by atoms with Crippen LogP contribution in [0.3, 0.4) is 0 Å². The SMILES string of the molecule is CC(=O)NCC(c1ccc(Cl)cc1)N1CCOCC1. The van der Waals surface area contributed by atoms with Gasteiger partial charge in [0.15, 0.2) is 0 Å². The molecule has 1 aromatic carbocycles. The molecule has 5 heteroatoms. The van der Waals surface area contributed by atoms with Crippen molar-refractivity contribution in [3.05, 3.63) is 34.9 Å². The van der Waals surface area contributed by atoms with Crippen molar-refractivity contribution in [3.63, 3.8) is 0 Å². The first-order valence-electron chi connectivity index (χ1n) is 6.48. The maximum Gasteiger partial charge on any atom is 0.216 e. The number of nitrogens with one attached hydrogen (secondary N) is 1. The van der Waals surface area contributed by atoms with Gasteiger partial charge in [0.25, 0.3) is 0 Å². The lowest BCUT2D eigenvalue weighted by molar-refractivity contribution is -0.119. The molecule has 1 saturated heterocycles. The number of carbonyl (C=O) groups is 1. The Balaban J connectivity index is 2.12. The Labute approximate surface area is 118 Å². The van der Waals surface area contributed by atoms with Gasteiger partial charge < -0.3 is 10.1 Å². The first-order valence-corrected chi connectivity index (χ1v) is 6.86. The molecular formula is C14H19ClN2O2. The molecule has 1 amide bonds. The molecule has 1 fully saturated rings. The van der Waals surface area contributed by atoms with Crippen molar-refractivity contribution in [3.8, 4) is 0 Å². The molecule has 0 saturated carbocycles. The van der Waals surface area contributed by atoms with E-state index in [1.165, 1.54) is 12.5 Å². The maximum absolute atomic E-state index is 11.1. The van der Waals surface area contributed by atoms with Crippen molar-refractivity contribution >= 4 is 17.5 Å². The van der Waals surface area contributed by atoms with Gasteiger partial charge in [0.1, 0.15) is 0 Å². The minimum Gasteiger partial charge on any atom is -0.379 e. The fourth-order valence-electron chi connectivity index (χ4n) is 2.27. The van der Waals surface area contributed by atoms with Gasteiger partial charge in [-0.1, -0.05) is 23.7 Å². The summed E-state index contributed by atoms with van der Waals surface area (Å²) in [6, 6.07) is 7.98. The number of carbonyl (C=O) groups excluding carboxylic acids is 1. The fourth-order valence-corrected chi connectivity index (χ4v) is 2.40. The number of nitrogens with zero attached hydrogens (tertiary/aromatic N) is 1. The molecule has 1 atom stereocenters. The summed E-state index contributed by atoms with van der Waals surface area (Å²) >= 11 is 5.93. The number of amides is 1. The molecule has 4 nitrogen and oxygen atoms in total. The number of hydrogen-bond donors (Lipinski definition) is 1. The third-order valence-electron chi connectivity index (χ3n) is 3.29. The van der Waals surface area contributed by atoms with Crippen LogP contribution in [0.15, 0.2) is 24.3 Å². The van der Waals surface area contributed by atoms with Crippen molar-refractivity contribution in [2.75, 3.05) is 32.8 Å². The van der Waals surface area contributed by atoms with Gasteiger partial charge in [-0.25, -0.2) is 0 Å². The third kappa shape index (κ3) is 4.20. The third-order valence-corrected chi connectivity index (χ3v) is 3.54. The minimum absolute atomic E-state index is 0.00720. The van der Waals surface area contributed by atoms with E-state index in [4.69, 9.17) is 16.3 Å². The largest absolute Gasteiger partial charge is 0.379 e. The Morgan fingerprint density at radius 2 is 2.00 bits per heavy atom. The highest BCUT2D eigenvalue weighted by Gasteiger charge is 2.22. The summed E-state index contributed by atoms with van der Waals surface area (Å²) in [5.74, 6) is -0.00720. The molecule has 19 heavy (non-hydrogen) atoms. The average molecular weight is 283 g/mol. The van der Waals surface area contributed by atoms with Crippen LogP contribution in [0.25, 0.3) is 0 Å². The lowest BCUT2D eigenvalue weighted by atomic mass is 10.0. The van der Waals surface area contributed by atoms with Gasteiger partial charge in [-0.15, -0.1) is 0 Å². The van der Waals surface area contributed by atoms with E-state index in [-0.39, 0.29) is 11.9 Å². The topological polar surface area (TPSA) is 41.6 Å². The first kappa shape index (κ1) is 14.3. The Hall–Kier alpha value is -1.10. The van der Waals surface area contributed by atoms with Gasteiger partial charge in [0.2, 0.25) is 5.91 Å². The van der Waals surface area contributed by atoms with Crippen molar-refractivity contribution in [2.24, 2.45) is 0 Å². The zero-order chi connectivity index (χ0) is 13.7. The molecule has 1 N–H and O–H groups in total. The zero-order valence-corrected chi connectivity index (χ0v) is 11.8. The molecule has 1 aliphatic rings. The lowest BCUT2D eigenvalue weighted by Gasteiger charge is -2.34. The highest BCUT2D eigenvalue weighted by atomic mass is 35.5. The van der Waals surface area contributed by atoms with E-state index in [2.05, 4.69) is 10.2 Å². The van der Waals surface area contributed by atoms with E-state index in [9.17, 15) is 4.79 Å². The molecule has 0 aromatic heterocycles. The summed E-state index contributed by atoms with van der Waals surface area (Å²) in [4.78, 5) is 13.5. The molecule has 1 unspecified atom stereocenters. The lowest BCUT2D eigenvalue weighted by Crippen LogP contribution is -2.43. The van der Waals surface area contributed by atoms with Gasteiger partial charge in [-0.3, -0.25) is 9.69 Å². The van der Waals surface area contributed by atoms with Crippen LogP contribution in [0.5, 0.6) is 0 Å². The number of hydrogen-bond acceptors (Lipinski definition) is 3. The summed E-state index contributed by atoms with van der Waals surface area (Å²) in [6.07, 6.45) is 0. The number of morpholine rings is 1. The van der Waals surface area contributed by atoms with Crippen LogP contribution in [-0.2, 0) is 9.53 Å². The number of rotatable bonds is 4. The zero-order valence-electron chi connectivity index (χ0n) is 11.1. The number of ether oxygens (including phenoxy) is 1. The molecule has 0 aliphatic carbocycles. The molecular weight excluding hydrogens is 264 g/mol. The molecule has 0 radical (unpaired) electrons. The molecule has 0 bridgehead atoms. The van der Waals surface area contributed by atoms with Crippen LogP contribution in [0, 0.1) is 0 Å². The van der Waals surface area contributed by atoms with E-state index >= 15 is 0 Å². The first-order chi connectivity index (χ1) is 9.16.